The van der Waals surface area contributed by atoms with Gasteiger partial charge in [0.2, 0.25) is 0 Å². The molecule has 6 heteroatoms. The largest absolute Gasteiger partial charge is 0.375 e. The van der Waals surface area contributed by atoms with Crippen LogP contribution in [-0.2, 0) is 0 Å². The summed E-state index contributed by atoms with van der Waals surface area (Å²) < 4.78 is 13.1. The van der Waals surface area contributed by atoms with Gasteiger partial charge in [0.1, 0.15) is 5.82 Å². The maximum atomic E-state index is 13.1. The molecule has 19 heavy (non-hydrogen) atoms. The van der Waals surface area contributed by atoms with Crippen LogP contribution in [-0.4, -0.2) is 4.98 Å². The van der Waals surface area contributed by atoms with Gasteiger partial charge in [0.15, 0.2) is 0 Å². The van der Waals surface area contributed by atoms with Gasteiger partial charge in [-0.1, -0.05) is 23.2 Å². The zero-order valence-electron chi connectivity index (χ0n) is 10.7. The Kier molecular flexibility index (Phi) is 4.33. The van der Waals surface area contributed by atoms with Crippen LogP contribution in [0.5, 0.6) is 0 Å². The monoisotopic (exact) mass is 318 g/mol. The number of hydrogen-bond donors (Lipinski definition) is 1. The van der Waals surface area contributed by atoms with Gasteiger partial charge in [-0.05, 0) is 32.9 Å². The van der Waals surface area contributed by atoms with Crippen LogP contribution in [0.25, 0.3) is 0 Å². The third kappa shape index (κ3) is 3.19. The molecule has 0 radical (unpaired) electrons. The summed E-state index contributed by atoms with van der Waals surface area (Å²) in [5.74, 6) is -0.446. The third-order valence-electron chi connectivity index (χ3n) is 2.70. The van der Waals surface area contributed by atoms with E-state index in [4.69, 9.17) is 23.2 Å². The second-order valence-electron chi connectivity index (χ2n) is 4.29. The fourth-order valence-electron chi connectivity index (χ4n) is 1.91. The molecule has 0 saturated carbocycles. The summed E-state index contributed by atoms with van der Waals surface area (Å²) in [4.78, 5) is 5.50. The van der Waals surface area contributed by atoms with Gasteiger partial charge in [-0.15, -0.1) is 11.3 Å². The van der Waals surface area contributed by atoms with Gasteiger partial charge in [0, 0.05) is 4.88 Å². The Morgan fingerprint density at radius 3 is 2.32 bits per heavy atom. The fraction of sp³-hybridized carbons (Fsp3) is 0.308. The number of hydrogen-bond acceptors (Lipinski definition) is 3. The van der Waals surface area contributed by atoms with Crippen molar-refractivity contribution in [2.24, 2.45) is 0 Å². The summed E-state index contributed by atoms with van der Waals surface area (Å²) in [6, 6.07) is 2.49. The predicted molar refractivity (Wildman–Crippen MR) is 80.0 cm³/mol. The van der Waals surface area contributed by atoms with E-state index in [2.05, 4.69) is 10.3 Å². The Balaban J connectivity index is 2.29. The number of anilines is 1. The van der Waals surface area contributed by atoms with Crippen LogP contribution in [0.4, 0.5) is 10.1 Å². The van der Waals surface area contributed by atoms with Crippen molar-refractivity contribution in [3.8, 4) is 0 Å². The Morgan fingerprint density at radius 2 is 1.84 bits per heavy atom. The van der Waals surface area contributed by atoms with E-state index in [1.54, 1.807) is 11.3 Å². The van der Waals surface area contributed by atoms with Crippen molar-refractivity contribution in [2.75, 3.05) is 5.32 Å². The van der Waals surface area contributed by atoms with Crippen LogP contribution in [0.2, 0.25) is 10.0 Å². The van der Waals surface area contributed by atoms with Crippen LogP contribution in [0.15, 0.2) is 12.1 Å². The lowest BCUT2D eigenvalue weighted by Gasteiger charge is -2.17. The van der Waals surface area contributed by atoms with E-state index in [-0.39, 0.29) is 16.1 Å². The molecular weight excluding hydrogens is 306 g/mol. The lowest BCUT2D eigenvalue weighted by molar-refractivity contribution is 0.628. The SMILES string of the molecule is Cc1nc(C)c(C(C)Nc2c(Cl)cc(F)cc2Cl)s1. The molecule has 0 aliphatic carbocycles. The van der Waals surface area contributed by atoms with Crippen molar-refractivity contribution in [3.63, 3.8) is 0 Å². The van der Waals surface area contributed by atoms with Crippen LogP contribution >= 0.6 is 34.5 Å². The average molecular weight is 319 g/mol. The molecule has 0 aliphatic heterocycles. The lowest BCUT2D eigenvalue weighted by atomic mass is 10.2. The summed E-state index contributed by atoms with van der Waals surface area (Å²) in [5.41, 5.74) is 1.53. The van der Waals surface area contributed by atoms with Crippen molar-refractivity contribution in [2.45, 2.75) is 26.8 Å². The summed E-state index contributed by atoms with van der Waals surface area (Å²) in [6.45, 7) is 5.92. The third-order valence-corrected chi connectivity index (χ3v) is 4.55. The van der Waals surface area contributed by atoms with Crippen LogP contribution in [0.3, 0.4) is 0 Å². The molecule has 1 unspecified atom stereocenters. The molecule has 0 aliphatic rings. The highest BCUT2D eigenvalue weighted by Gasteiger charge is 2.16. The van der Waals surface area contributed by atoms with E-state index in [0.717, 1.165) is 15.6 Å². The first-order valence-electron chi connectivity index (χ1n) is 5.73. The van der Waals surface area contributed by atoms with Gasteiger partial charge >= 0.3 is 0 Å². The molecule has 1 aromatic carbocycles. The van der Waals surface area contributed by atoms with Crippen molar-refractivity contribution in [3.05, 3.63) is 43.6 Å². The summed E-state index contributed by atoms with van der Waals surface area (Å²) in [7, 11) is 0. The first kappa shape index (κ1) is 14.6. The molecule has 0 fully saturated rings. The molecule has 1 aromatic heterocycles. The molecule has 1 atom stereocenters. The first-order chi connectivity index (χ1) is 8.88. The minimum absolute atomic E-state index is 0.00617. The van der Waals surface area contributed by atoms with Crippen LogP contribution in [0, 0.1) is 19.7 Å². The van der Waals surface area contributed by atoms with Crippen molar-refractivity contribution in [1.29, 1.82) is 0 Å². The van der Waals surface area contributed by atoms with E-state index in [1.807, 2.05) is 20.8 Å². The van der Waals surface area contributed by atoms with Gasteiger partial charge in [0.05, 0.1) is 32.5 Å². The summed E-state index contributed by atoms with van der Waals surface area (Å²) in [5, 5.41) is 4.78. The van der Waals surface area contributed by atoms with Gasteiger partial charge in [0.25, 0.3) is 0 Å². The molecule has 2 aromatic rings. The van der Waals surface area contributed by atoms with Crippen molar-refractivity contribution < 1.29 is 4.39 Å². The number of nitrogens with zero attached hydrogens (tertiary/aromatic N) is 1. The highest BCUT2D eigenvalue weighted by atomic mass is 35.5. The molecule has 0 amide bonds. The lowest BCUT2D eigenvalue weighted by Crippen LogP contribution is -2.07. The van der Waals surface area contributed by atoms with E-state index in [1.165, 1.54) is 12.1 Å². The first-order valence-corrected chi connectivity index (χ1v) is 7.30. The van der Waals surface area contributed by atoms with Crippen LogP contribution in [0.1, 0.15) is 28.5 Å². The fourth-order valence-corrected chi connectivity index (χ4v) is 3.41. The van der Waals surface area contributed by atoms with Gasteiger partial charge < -0.3 is 5.32 Å². The molecule has 1 N–H and O–H groups in total. The number of aryl methyl sites for hydroxylation is 2. The molecule has 0 spiro atoms. The normalized spacial score (nSPS) is 12.5. The van der Waals surface area contributed by atoms with Gasteiger partial charge in [-0.2, -0.15) is 0 Å². The Labute approximate surface area is 125 Å². The van der Waals surface area contributed by atoms with Crippen molar-refractivity contribution in [1.82, 2.24) is 4.98 Å². The Bertz CT molecular complexity index is 590. The van der Waals surface area contributed by atoms with Crippen molar-refractivity contribution >= 4 is 40.2 Å². The smallest absolute Gasteiger partial charge is 0.126 e. The molecule has 2 nitrogen and oxygen atoms in total. The number of aromatic nitrogens is 1. The average Bonchev–Trinajstić information content (AvgIpc) is 2.62. The highest BCUT2D eigenvalue weighted by molar-refractivity contribution is 7.11. The quantitative estimate of drug-likeness (QED) is 0.821. The molecule has 0 bridgehead atoms. The minimum Gasteiger partial charge on any atom is -0.375 e. The van der Waals surface area contributed by atoms with E-state index < -0.39 is 5.82 Å². The van der Waals surface area contributed by atoms with E-state index in [0.29, 0.717) is 5.69 Å². The highest BCUT2D eigenvalue weighted by Crippen LogP contribution is 2.35. The molecular formula is C13H13Cl2FN2S. The Morgan fingerprint density at radius 1 is 1.26 bits per heavy atom. The van der Waals surface area contributed by atoms with Gasteiger partial charge in [-0.3, -0.25) is 0 Å². The summed E-state index contributed by atoms with van der Waals surface area (Å²) >= 11 is 13.6. The minimum atomic E-state index is -0.446. The molecule has 0 saturated heterocycles. The number of thiazole rings is 1. The second-order valence-corrected chi connectivity index (χ2v) is 6.34. The second kappa shape index (κ2) is 5.65. The van der Waals surface area contributed by atoms with E-state index in [9.17, 15) is 4.39 Å². The van der Waals surface area contributed by atoms with E-state index >= 15 is 0 Å². The van der Waals surface area contributed by atoms with Crippen LogP contribution < -0.4 is 5.32 Å². The van der Waals surface area contributed by atoms with Gasteiger partial charge in [-0.25, -0.2) is 9.37 Å². The standard InChI is InChI=1S/C13H13Cl2FN2S/c1-6-13(19-8(3)17-6)7(2)18-12-10(14)4-9(16)5-11(12)15/h4-5,7,18H,1-3H3. The topological polar surface area (TPSA) is 24.9 Å². The predicted octanol–water partition coefficient (Wildman–Crippen LogP) is 5.38. The zero-order valence-corrected chi connectivity index (χ0v) is 13.0. The molecule has 102 valence electrons. The Hall–Kier alpha value is -0.840. The molecule has 1 heterocycles. The molecule has 2 rings (SSSR count). The summed E-state index contributed by atoms with van der Waals surface area (Å²) in [6.07, 6.45) is 0. The maximum Gasteiger partial charge on any atom is 0.126 e. The number of nitrogens with one attached hydrogen (secondary N) is 1. The zero-order chi connectivity index (χ0) is 14.2. The maximum absolute atomic E-state index is 13.1. The number of halogens is 3. The number of benzene rings is 1. The number of rotatable bonds is 3.